The third-order valence-electron chi connectivity index (χ3n) is 4.23. The zero-order chi connectivity index (χ0) is 14.1. The van der Waals surface area contributed by atoms with E-state index in [1.54, 1.807) is 11.3 Å². The van der Waals surface area contributed by atoms with Gasteiger partial charge in [-0.15, -0.1) is 11.3 Å². The molecule has 1 aromatic rings. The first-order valence-electron chi connectivity index (χ1n) is 7.08. The molecule has 110 valence electrons. The molecule has 1 aromatic heterocycles. The van der Waals surface area contributed by atoms with E-state index in [9.17, 15) is 4.79 Å². The SMILES string of the molecule is O=C(CN1CCC(N2CCCC2)C1)c1cc(Br)sc1Br. The van der Waals surface area contributed by atoms with Crippen LogP contribution in [0.25, 0.3) is 0 Å². The molecule has 3 nitrogen and oxygen atoms in total. The van der Waals surface area contributed by atoms with E-state index in [0.717, 1.165) is 26.2 Å². The highest BCUT2D eigenvalue weighted by Gasteiger charge is 2.30. The van der Waals surface area contributed by atoms with Crippen molar-refractivity contribution >= 4 is 49.0 Å². The Kier molecular flexibility index (Phi) is 4.98. The van der Waals surface area contributed by atoms with E-state index in [-0.39, 0.29) is 5.78 Å². The summed E-state index contributed by atoms with van der Waals surface area (Å²) < 4.78 is 1.94. The molecule has 2 fully saturated rings. The van der Waals surface area contributed by atoms with Crippen LogP contribution < -0.4 is 0 Å². The van der Waals surface area contributed by atoms with Gasteiger partial charge in [-0.3, -0.25) is 14.6 Å². The van der Waals surface area contributed by atoms with Gasteiger partial charge in [0.15, 0.2) is 5.78 Å². The van der Waals surface area contributed by atoms with E-state index in [1.807, 2.05) is 6.07 Å². The fourth-order valence-corrected chi connectivity index (χ4v) is 6.03. The molecular weight excluding hydrogens is 404 g/mol. The normalized spacial score (nSPS) is 24.6. The van der Waals surface area contributed by atoms with E-state index in [4.69, 9.17) is 0 Å². The maximum atomic E-state index is 12.4. The number of likely N-dealkylation sites (tertiary alicyclic amines) is 2. The number of halogens is 2. The molecule has 1 unspecified atom stereocenters. The Morgan fingerprint density at radius 2 is 2.05 bits per heavy atom. The fourth-order valence-electron chi connectivity index (χ4n) is 3.18. The van der Waals surface area contributed by atoms with Gasteiger partial charge < -0.3 is 0 Å². The summed E-state index contributed by atoms with van der Waals surface area (Å²) in [6, 6.07) is 2.59. The zero-order valence-electron chi connectivity index (χ0n) is 11.3. The van der Waals surface area contributed by atoms with E-state index in [2.05, 4.69) is 41.7 Å². The molecule has 0 aromatic carbocycles. The molecule has 0 amide bonds. The van der Waals surface area contributed by atoms with Gasteiger partial charge in [-0.25, -0.2) is 0 Å². The second-order valence-electron chi connectivity index (χ2n) is 5.58. The highest BCUT2D eigenvalue weighted by Crippen LogP contribution is 2.32. The molecule has 0 radical (unpaired) electrons. The van der Waals surface area contributed by atoms with E-state index in [1.165, 1.54) is 32.4 Å². The van der Waals surface area contributed by atoms with Gasteiger partial charge in [0.2, 0.25) is 0 Å². The Morgan fingerprint density at radius 3 is 2.70 bits per heavy atom. The van der Waals surface area contributed by atoms with Crippen LogP contribution in [0.4, 0.5) is 0 Å². The summed E-state index contributed by atoms with van der Waals surface area (Å²) in [6.07, 6.45) is 3.89. The number of rotatable bonds is 4. The van der Waals surface area contributed by atoms with Crippen molar-refractivity contribution in [2.45, 2.75) is 25.3 Å². The molecule has 0 bridgehead atoms. The maximum Gasteiger partial charge on any atom is 0.178 e. The summed E-state index contributed by atoms with van der Waals surface area (Å²) in [7, 11) is 0. The lowest BCUT2D eigenvalue weighted by atomic mass is 10.2. The van der Waals surface area contributed by atoms with Gasteiger partial charge in [-0.05, 0) is 70.3 Å². The number of hydrogen-bond donors (Lipinski definition) is 0. The summed E-state index contributed by atoms with van der Waals surface area (Å²) in [4.78, 5) is 17.3. The van der Waals surface area contributed by atoms with Gasteiger partial charge in [0, 0.05) is 24.7 Å². The third-order valence-corrected chi connectivity index (χ3v) is 6.57. The molecule has 0 N–H and O–H groups in total. The van der Waals surface area contributed by atoms with Gasteiger partial charge in [-0.1, -0.05) is 0 Å². The Labute approximate surface area is 140 Å². The maximum absolute atomic E-state index is 12.4. The smallest absolute Gasteiger partial charge is 0.178 e. The molecule has 6 heteroatoms. The minimum absolute atomic E-state index is 0.223. The summed E-state index contributed by atoms with van der Waals surface area (Å²) in [5.74, 6) is 0.223. The predicted molar refractivity (Wildman–Crippen MR) is 89.7 cm³/mol. The molecule has 0 spiro atoms. The van der Waals surface area contributed by atoms with Gasteiger partial charge in [0.1, 0.15) is 0 Å². The molecule has 20 heavy (non-hydrogen) atoms. The van der Waals surface area contributed by atoms with Crippen LogP contribution in [0.15, 0.2) is 13.6 Å². The quantitative estimate of drug-likeness (QED) is 0.693. The second kappa shape index (κ2) is 6.57. The summed E-state index contributed by atoms with van der Waals surface area (Å²) in [6.45, 7) is 5.14. The van der Waals surface area contributed by atoms with Crippen molar-refractivity contribution in [2.24, 2.45) is 0 Å². The molecule has 0 saturated carbocycles. The molecule has 1 atom stereocenters. The number of carbonyl (C=O) groups excluding carboxylic acids is 1. The lowest BCUT2D eigenvalue weighted by molar-refractivity contribution is 0.0940. The summed E-state index contributed by atoms with van der Waals surface area (Å²) in [5, 5.41) is 0. The summed E-state index contributed by atoms with van der Waals surface area (Å²) >= 11 is 8.47. The minimum Gasteiger partial charge on any atom is -0.299 e. The van der Waals surface area contributed by atoms with Crippen LogP contribution in [0.5, 0.6) is 0 Å². The standard InChI is InChI=1S/C14H18Br2N2OS/c15-13-7-11(14(16)20-13)12(19)9-17-6-3-10(8-17)18-4-1-2-5-18/h7,10H,1-6,8-9H2. The van der Waals surface area contributed by atoms with E-state index >= 15 is 0 Å². The van der Waals surface area contributed by atoms with Gasteiger partial charge >= 0.3 is 0 Å². The average Bonchev–Trinajstić information content (AvgIpc) is 3.09. The molecule has 2 aliphatic heterocycles. The highest BCUT2D eigenvalue weighted by atomic mass is 79.9. The molecule has 3 heterocycles. The Bertz CT molecular complexity index is 499. The summed E-state index contributed by atoms with van der Waals surface area (Å²) in [5.41, 5.74) is 0.812. The van der Waals surface area contributed by atoms with Crippen LogP contribution in [0.2, 0.25) is 0 Å². The monoisotopic (exact) mass is 420 g/mol. The first-order valence-corrected chi connectivity index (χ1v) is 9.48. The van der Waals surface area contributed by atoms with Crippen molar-refractivity contribution in [3.63, 3.8) is 0 Å². The van der Waals surface area contributed by atoms with Crippen LogP contribution in [0.1, 0.15) is 29.6 Å². The molecular formula is C14H18Br2N2OS. The van der Waals surface area contributed by atoms with Crippen LogP contribution in [-0.2, 0) is 0 Å². The van der Waals surface area contributed by atoms with Crippen LogP contribution in [0.3, 0.4) is 0 Å². The number of nitrogens with zero attached hydrogens (tertiary/aromatic N) is 2. The Morgan fingerprint density at radius 1 is 1.30 bits per heavy atom. The van der Waals surface area contributed by atoms with Crippen molar-refractivity contribution < 1.29 is 4.79 Å². The fraction of sp³-hybridized carbons (Fsp3) is 0.643. The molecule has 2 aliphatic rings. The average molecular weight is 422 g/mol. The number of hydrogen-bond acceptors (Lipinski definition) is 4. The molecule has 3 rings (SSSR count). The predicted octanol–water partition coefficient (Wildman–Crippen LogP) is 3.63. The number of thiophene rings is 1. The van der Waals surface area contributed by atoms with E-state index < -0.39 is 0 Å². The molecule has 2 saturated heterocycles. The zero-order valence-corrected chi connectivity index (χ0v) is 15.3. The van der Waals surface area contributed by atoms with Gasteiger partial charge in [-0.2, -0.15) is 0 Å². The van der Waals surface area contributed by atoms with Crippen molar-refractivity contribution in [3.05, 3.63) is 19.2 Å². The van der Waals surface area contributed by atoms with Gasteiger partial charge in [0.25, 0.3) is 0 Å². The van der Waals surface area contributed by atoms with Crippen molar-refractivity contribution in [2.75, 3.05) is 32.7 Å². The first kappa shape index (κ1) is 15.2. The van der Waals surface area contributed by atoms with Crippen LogP contribution >= 0.6 is 43.2 Å². The highest BCUT2D eigenvalue weighted by molar-refractivity contribution is 9.12. The Balaban J connectivity index is 1.56. The lowest BCUT2D eigenvalue weighted by Crippen LogP contribution is -2.36. The number of ketones is 1. The van der Waals surface area contributed by atoms with Gasteiger partial charge in [0.05, 0.1) is 14.1 Å². The Hall–Kier alpha value is 0.250. The minimum atomic E-state index is 0.223. The lowest BCUT2D eigenvalue weighted by Gasteiger charge is -2.23. The van der Waals surface area contributed by atoms with Crippen LogP contribution in [-0.4, -0.2) is 54.3 Å². The van der Waals surface area contributed by atoms with Crippen molar-refractivity contribution in [3.8, 4) is 0 Å². The van der Waals surface area contributed by atoms with Crippen molar-refractivity contribution in [1.29, 1.82) is 0 Å². The topological polar surface area (TPSA) is 23.6 Å². The first-order chi connectivity index (χ1) is 9.63. The number of Topliss-reactive ketones (excluding diaryl/α,β-unsaturated/α-hetero) is 1. The number of carbonyl (C=O) groups is 1. The second-order valence-corrected chi connectivity index (χ2v) is 9.33. The van der Waals surface area contributed by atoms with E-state index in [0.29, 0.717) is 12.6 Å². The van der Waals surface area contributed by atoms with Crippen LogP contribution in [0, 0.1) is 0 Å². The molecule has 0 aliphatic carbocycles. The largest absolute Gasteiger partial charge is 0.299 e. The van der Waals surface area contributed by atoms with Crippen molar-refractivity contribution in [1.82, 2.24) is 9.80 Å². The third kappa shape index (κ3) is 3.35.